The van der Waals surface area contributed by atoms with E-state index in [1.54, 1.807) is 6.07 Å². The molecule has 0 spiro atoms. The van der Waals surface area contributed by atoms with Crippen molar-refractivity contribution >= 4 is 45.6 Å². The molecule has 11 heteroatoms. The van der Waals surface area contributed by atoms with Crippen LogP contribution in [-0.4, -0.2) is 85.9 Å². The molecule has 1 aromatic carbocycles. The molecule has 6 rings (SSSR count). The third kappa shape index (κ3) is 5.56. The molecule has 0 amide bonds. The van der Waals surface area contributed by atoms with E-state index in [1.807, 2.05) is 35.9 Å². The summed E-state index contributed by atoms with van der Waals surface area (Å²) in [7, 11) is 2.22. The molecule has 5 heterocycles. The summed E-state index contributed by atoms with van der Waals surface area (Å²) in [6, 6.07) is 16.7. The average Bonchev–Trinajstić information content (AvgIpc) is 3.29. The minimum atomic E-state index is 0.149. The summed E-state index contributed by atoms with van der Waals surface area (Å²) in [4.78, 5) is 21.4. The van der Waals surface area contributed by atoms with Gasteiger partial charge in [0.05, 0.1) is 0 Å². The lowest BCUT2D eigenvalue weighted by molar-refractivity contribution is 0.0982. The minimum absolute atomic E-state index is 0.149. The molecule has 0 saturated carbocycles. The van der Waals surface area contributed by atoms with Crippen LogP contribution in [0.4, 0.5) is 23.1 Å². The SMILES string of the molecule is Cc1cc2cnc(Nc3ccc(N4CCC(N5CCN(C)CC5)CC4)cc3)nc2n1-c1cccc(N=S=O)n1. The number of nitrogens with one attached hydrogen (secondary N) is 1. The zero-order valence-electron chi connectivity index (χ0n) is 22.3. The molecule has 10 nitrogen and oxygen atoms in total. The molecule has 0 bridgehead atoms. The fourth-order valence-electron chi connectivity index (χ4n) is 5.66. The Bertz CT molecular complexity index is 1500. The van der Waals surface area contributed by atoms with Crippen molar-refractivity contribution in [2.45, 2.75) is 25.8 Å². The van der Waals surface area contributed by atoms with Crippen LogP contribution in [-0.2, 0) is 11.5 Å². The first-order valence-electron chi connectivity index (χ1n) is 13.4. The van der Waals surface area contributed by atoms with Gasteiger partial charge in [0.25, 0.3) is 0 Å². The van der Waals surface area contributed by atoms with Gasteiger partial charge in [-0.3, -0.25) is 9.47 Å². The van der Waals surface area contributed by atoms with E-state index in [0.717, 1.165) is 35.5 Å². The van der Waals surface area contributed by atoms with E-state index in [2.05, 4.69) is 65.7 Å². The Balaban J connectivity index is 1.14. The molecule has 4 aromatic rings. The van der Waals surface area contributed by atoms with Gasteiger partial charge >= 0.3 is 0 Å². The van der Waals surface area contributed by atoms with Crippen molar-refractivity contribution in [3.63, 3.8) is 0 Å². The summed E-state index contributed by atoms with van der Waals surface area (Å²) in [6.07, 6.45) is 4.26. The molecule has 3 aromatic heterocycles. The van der Waals surface area contributed by atoms with Crippen molar-refractivity contribution in [2.24, 2.45) is 4.36 Å². The molecule has 0 aliphatic carbocycles. The number of rotatable bonds is 6. The zero-order valence-corrected chi connectivity index (χ0v) is 23.1. The van der Waals surface area contributed by atoms with Gasteiger partial charge in [0, 0.05) is 74.0 Å². The van der Waals surface area contributed by atoms with Crippen LogP contribution < -0.4 is 10.2 Å². The smallest absolute Gasteiger partial charge is 0.229 e. The van der Waals surface area contributed by atoms with Crippen molar-refractivity contribution < 1.29 is 4.21 Å². The van der Waals surface area contributed by atoms with Crippen molar-refractivity contribution in [3.05, 3.63) is 60.4 Å². The Kier molecular flexibility index (Phi) is 7.36. The Labute approximate surface area is 231 Å². The van der Waals surface area contributed by atoms with Gasteiger partial charge < -0.3 is 15.1 Å². The first-order chi connectivity index (χ1) is 19.1. The minimum Gasteiger partial charge on any atom is -0.371 e. The fourth-order valence-corrected chi connectivity index (χ4v) is 5.83. The number of piperazine rings is 1. The third-order valence-electron chi connectivity index (χ3n) is 7.81. The maximum atomic E-state index is 10.9. The number of aromatic nitrogens is 4. The second-order valence-corrected chi connectivity index (χ2v) is 10.7. The lowest BCUT2D eigenvalue weighted by Crippen LogP contribution is -2.52. The van der Waals surface area contributed by atoms with Gasteiger partial charge in [-0.2, -0.15) is 9.19 Å². The van der Waals surface area contributed by atoms with Crippen LogP contribution in [0.2, 0.25) is 0 Å². The maximum absolute atomic E-state index is 10.9. The summed E-state index contributed by atoms with van der Waals surface area (Å²) in [5.41, 5.74) is 3.90. The largest absolute Gasteiger partial charge is 0.371 e. The Morgan fingerprint density at radius 1 is 0.974 bits per heavy atom. The molecule has 2 saturated heterocycles. The highest BCUT2D eigenvalue weighted by Gasteiger charge is 2.26. The van der Waals surface area contributed by atoms with Crippen LogP contribution in [0.15, 0.2) is 59.1 Å². The predicted octanol–water partition coefficient (Wildman–Crippen LogP) is 4.11. The first kappa shape index (κ1) is 25.6. The number of anilines is 3. The molecular weight excluding hydrogens is 510 g/mol. The second kappa shape index (κ2) is 11.2. The van der Waals surface area contributed by atoms with E-state index in [-0.39, 0.29) is 11.5 Å². The van der Waals surface area contributed by atoms with Crippen LogP contribution in [0.1, 0.15) is 18.5 Å². The van der Waals surface area contributed by atoms with Gasteiger partial charge in [-0.25, -0.2) is 9.97 Å². The second-order valence-electron chi connectivity index (χ2n) is 10.3. The Morgan fingerprint density at radius 2 is 1.74 bits per heavy atom. The van der Waals surface area contributed by atoms with Gasteiger partial charge in [-0.1, -0.05) is 6.07 Å². The average molecular weight is 544 g/mol. The van der Waals surface area contributed by atoms with Gasteiger partial charge in [0.1, 0.15) is 5.82 Å². The van der Waals surface area contributed by atoms with E-state index < -0.39 is 0 Å². The number of benzene rings is 1. The molecule has 39 heavy (non-hydrogen) atoms. The van der Waals surface area contributed by atoms with Crippen molar-refractivity contribution in [2.75, 3.05) is 56.5 Å². The van der Waals surface area contributed by atoms with E-state index in [1.165, 1.54) is 44.7 Å². The lowest BCUT2D eigenvalue weighted by Gasteiger charge is -2.42. The number of piperidine rings is 1. The normalized spacial score (nSPS) is 17.4. The summed E-state index contributed by atoms with van der Waals surface area (Å²) in [6.45, 7) is 8.93. The number of aryl methyl sites for hydroxylation is 1. The highest BCUT2D eigenvalue weighted by molar-refractivity contribution is 7.54. The van der Waals surface area contributed by atoms with Gasteiger partial charge in [0.15, 0.2) is 11.5 Å². The van der Waals surface area contributed by atoms with Gasteiger partial charge in [0.2, 0.25) is 17.4 Å². The summed E-state index contributed by atoms with van der Waals surface area (Å²) in [5, 5.41) is 4.26. The molecule has 2 aliphatic heterocycles. The Morgan fingerprint density at radius 3 is 2.49 bits per heavy atom. The molecule has 1 N–H and O–H groups in total. The van der Waals surface area contributed by atoms with E-state index in [9.17, 15) is 4.21 Å². The molecule has 2 aliphatic rings. The Hall–Kier alpha value is -3.67. The van der Waals surface area contributed by atoms with Crippen LogP contribution in [0.25, 0.3) is 16.9 Å². The van der Waals surface area contributed by atoms with Crippen molar-refractivity contribution in [3.8, 4) is 5.82 Å². The molecule has 202 valence electrons. The van der Waals surface area contributed by atoms with Gasteiger partial charge in [-0.15, -0.1) is 4.36 Å². The molecule has 2 fully saturated rings. The van der Waals surface area contributed by atoms with E-state index in [4.69, 9.17) is 4.98 Å². The number of fused-ring (bicyclic) bond motifs is 1. The topological polar surface area (TPSA) is 94.8 Å². The summed E-state index contributed by atoms with van der Waals surface area (Å²) in [5.74, 6) is 1.55. The summed E-state index contributed by atoms with van der Waals surface area (Å²) < 4.78 is 16.6. The summed E-state index contributed by atoms with van der Waals surface area (Å²) >= 11 is 0.149. The number of hydrogen-bond donors (Lipinski definition) is 1. The monoisotopic (exact) mass is 543 g/mol. The number of hydrogen-bond acceptors (Lipinski definition) is 9. The first-order valence-corrected chi connectivity index (χ1v) is 14.1. The van der Waals surface area contributed by atoms with Crippen LogP contribution in [0, 0.1) is 6.92 Å². The fraction of sp³-hybridized carbons (Fsp3) is 0.393. The molecular formula is C28H33N9OS. The van der Waals surface area contributed by atoms with Crippen LogP contribution in [0.5, 0.6) is 0 Å². The van der Waals surface area contributed by atoms with Crippen molar-refractivity contribution in [1.29, 1.82) is 0 Å². The third-order valence-corrected chi connectivity index (χ3v) is 8.07. The lowest BCUT2D eigenvalue weighted by atomic mass is 10.0. The zero-order chi connectivity index (χ0) is 26.8. The highest BCUT2D eigenvalue weighted by atomic mass is 32.1. The van der Waals surface area contributed by atoms with E-state index in [0.29, 0.717) is 23.6 Å². The molecule has 0 unspecified atom stereocenters. The maximum Gasteiger partial charge on any atom is 0.229 e. The number of likely N-dealkylation sites (N-methyl/N-ethyl adjacent to an activating group) is 1. The van der Waals surface area contributed by atoms with Crippen LogP contribution in [0.3, 0.4) is 0 Å². The standard InChI is InChI=1S/C28H33N9OS/c1-20-18-21-19-29-28(32-27(21)37(20)26-5-3-4-25(31-26)33-39-38)30-22-6-8-23(9-7-22)35-12-10-24(11-13-35)36-16-14-34(2)15-17-36/h3-9,18-19,24H,10-17H2,1-2H3,(H,29,30,32). The number of pyridine rings is 1. The van der Waals surface area contributed by atoms with Crippen LogP contribution >= 0.6 is 0 Å². The van der Waals surface area contributed by atoms with E-state index >= 15 is 0 Å². The predicted molar refractivity (Wildman–Crippen MR) is 156 cm³/mol. The highest BCUT2D eigenvalue weighted by Crippen LogP contribution is 2.27. The quantitative estimate of drug-likeness (QED) is 0.388. The van der Waals surface area contributed by atoms with Gasteiger partial charge in [-0.05, 0) is 69.3 Å². The molecule has 0 radical (unpaired) electrons. The number of nitrogens with zero attached hydrogens (tertiary/aromatic N) is 8. The molecule has 0 atom stereocenters. The van der Waals surface area contributed by atoms with Crippen molar-refractivity contribution in [1.82, 2.24) is 29.3 Å².